The minimum absolute atomic E-state index is 0.326. The molecular weight excluding hydrogens is 276 g/mol. The van der Waals surface area contributed by atoms with Crippen molar-refractivity contribution in [3.8, 4) is 0 Å². The first-order chi connectivity index (χ1) is 10.6. The molecule has 0 fully saturated rings. The molecule has 0 bridgehead atoms. The normalized spacial score (nSPS) is 12.3. The predicted molar refractivity (Wildman–Crippen MR) is 86.9 cm³/mol. The highest BCUT2D eigenvalue weighted by molar-refractivity contribution is 5.87. The van der Waals surface area contributed by atoms with E-state index in [2.05, 4.69) is 30.2 Å². The van der Waals surface area contributed by atoms with Gasteiger partial charge in [-0.3, -0.25) is 4.98 Å². The van der Waals surface area contributed by atoms with Gasteiger partial charge in [-0.2, -0.15) is 0 Å². The van der Waals surface area contributed by atoms with E-state index in [1.54, 1.807) is 24.4 Å². The van der Waals surface area contributed by atoms with Crippen LogP contribution in [0.25, 0.3) is 0 Å². The minimum Gasteiger partial charge on any atom is -0.478 e. The second-order valence-electron chi connectivity index (χ2n) is 5.77. The summed E-state index contributed by atoms with van der Waals surface area (Å²) >= 11 is 0. The first-order valence-corrected chi connectivity index (χ1v) is 7.51. The summed E-state index contributed by atoms with van der Waals surface area (Å²) in [4.78, 5) is 15.2. The molecule has 2 rings (SSSR count). The van der Waals surface area contributed by atoms with Crippen molar-refractivity contribution in [2.45, 2.75) is 26.3 Å². The van der Waals surface area contributed by atoms with E-state index in [-0.39, 0.29) is 0 Å². The SMILES string of the molecule is CC(C)C(CNCc1cccc(C(=O)O)c1)c1cccnc1. The zero-order valence-electron chi connectivity index (χ0n) is 13.0. The summed E-state index contributed by atoms with van der Waals surface area (Å²) in [6, 6.07) is 11.1. The van der Waals surface area contributed by atoms with Crippen LogP contribution in [-0.4, -0.2) is 22.6 Å². The Bertz CT molecular complexity index is 611. The zero-order valence-corrected chi connectivity index (χ0v) is 13.0. The van der Waals surface area contributed by atoms with Gasteiger partial charge in [0.1, 0.15) is 0 Å². The number of nitrogens with zero attached hydrogens (tertiary/aromatic N) is 1. The molecule has 0 radical (unpaired) electrons. The lowest BCUT2D eigenvalue weighted by Gasteiger charge is -2.21. The van der Waals surface area contributed by atoms with Gasteiger partial charge < -0.3 is 10.4 Å². The average molecular weight is 298 g/mol. The fourth-order valence-corrected chi connectivity index (χ4v) is 2.52. The molecule has 1 atom stereocenters. The van der Waals surface area contributed by atoms with Crippen molar-refractivity contribution in [2.24, 2.45) is 5.92 Å². The number of carboxylic acid groups (broad SMARTS) is 1. The Kier molecular flexibility index (Phi) is 5.67. The zero-order chi connectivity index (χ0) is 15.9. The Labute approximate surface area is 131 Å². The molecule has 22 heavy (non-hydrogen) atoms. The maximum absolute atomic E-state index is 11.0. The minimum atomic E-state index is -0.891. The molecule has 1 heterocycles. The molecule has 0 saturated heterocycles. The topological polar surface area (TPSA) is 62.2 Å². The van der Waals surface area contributed by atoms with Gasteiger partial charge in [0.2, 0.25) is 0 Å². The van der Waals surface area contributed by atoms with Crippen molar-refractivity contribution in [2.75, 3.05) is 6.54 Å². The predicted octanol–water partition coefficient (Wildman–Crippen LogP) is 3.31. The van der Waals surface area contributed by atoms with Crippen LogP contribution < -0.4 is 5.32 Å². The van der Waals surface area contributed by atoms with E-state index in [1.165, 1.54) is 5.56 Å². The van der Waals surface area contributed by atoms with Crippen molar-refractivity contribution < 1.29 is 9.90 Å². The number of aromatic carboxylic acids is 1. The van der Waals surface area contributed by atoms with E-state index < -0.39 is 5.97 Å². The number of carboxylic acids is 1. The number of rotatable bonds is 7. The third-order valence-corrected chi connectivity index (χ3v) is 3.78. The monoisotopic (exact) mass is 298 g/mol. The van der Waals surface area contributed by atoms with Gasteiger partial charge in [0, 0.05) is 31.4 Å². The molecular formula is C18H22N2O2. The number of hydrogen-bond acceptors (Lipinski definition) is 3. The Hall–Kier alpha value is -2.20. The van der Waals surface area contributed by atoms with Crippen LogP contribution >= 0.6 is 0 Å². The second-order valence-corrected chi connectivity index (χ2v) is 5.77. The largest absolute Gasteiger partial charge is 0.478 e. The van der Waals surface area contributed by atoms with Gasteiger partial charge in [-0.15, -0.1) is 0 Å². The van der Waals surface area contributed by atoms with Gasteiger partial charge in [0.05, 0.1) is 5.56 Å². The van der Waals surface area contributed by atoms with Crippen LogP contribution in [0.2, 0.25) is 0 Å². The van der Waals surface area contributed by atoms with Crippen LogP contribution in [0.5, 0.6) is 0 Å². The molecule has 1 unspecified atom stereocenters. The third-order valence-electron chi connectivity index (χ3n) is 3.78. The average Bonchev–Trinajstić information content (AvgIpc) is 2.52. The van der Waals surface area contributed by atoms with Gasteiger partial charge in [0.25, 0.3) is 0 Å². The number of nitrogens with one attached hydrogen (secondary N) is 1. The maximum atomic E-state index is 11.0. The summed E-state index contributed by atoms with van der Waals surface area (Å²) in [7, 11) is 0. The standard InChI is InChI=1S/C18H22N2O2/c1-13(2)17(16-7-4-8-19-11-16)12-20-10-14-5-3-6-15(9-14)18(21)22/h3-9,11,13,17,20H,10,12H2,1-2H3,(H,21,22). The van der Waals surface area contributed by atoms with Crippen LogP contribution in [0, 0.1) is 5.92 Å². The molecule has 1 aromatic carbocycles. The maximum Gasteiger partial charge on any atom is 0.335 e. The van der Waals surface area contributed by atoms with Crippen molar-refractivity contribution in [1.82, 2.24) is 10.3 Å². The molecule has 2 N–H and O–H groups in total. The van der Waals surface area contributed by atoms with E-state index in [0.717, 1.165) is 12.1 Å². The van der Waals surface area contributed by atoms with Crippen LogP contribution in [-0.2, 0) is 6.54 Å². The molecule has 2 aromatic rings. The lowest BCUT2D eigenvalue weighted by atomic mass is 9.89. The Morgan fingerprint density at radius 1 is 1.27 bits per heavy atom. The van der Waals surface area contributed by atoms with E-state index in [9.17, 15) is 4.79 Å². The Morgan fingerprint density at radius 3 is 2.73 bits per heavy atom. The quantitative estimate of drug-likeness (QED) is 0.823. The first kappa shape index (κ1) is 16.2. The summed E-state index contributed by atoms with van der Waals surface area (Å²) < 4.78 is 0. The van der Waals surface area contributed by atoms with Gasteiger partial charge >= 0.3 is 5.97 Å². The second kappa shape index (κ2) is 7.71. The van der Waals surface area contributed by atoms with Crippen molar-refractivity contribution >= 4 is 5.97 Å². The molecule has 0 amide bonds. The number of pyridine rings is 1. The summed E-state index contributed by atoms with van der Waals surface area (Å²) in [5.74, 6) is -0.00400. The molecule has 4 nitrogen and oxygen atoms in total. The van der Waals surface area contributed by atoms with Gasteiger partial charge in [-0.25, -0.2) is 4.79 Å². The van der Waals surface area contributed by atoms with Crippen molar-refractivity contribution in [1.29, 1.82) is 0 Å². The van der Waals surface area contributed by atoms with Gasteiger partial charge in [-0.05, 0) is 35.2 Å². The van der Waals surface area contributed by atoms with Gasteiger partial charge in [-0.1, -0.05) is 32.0 Å². The number of benzene rings is 1. The number of aromatic nitrogens is 1. The third kappa shape index (κ3) is 4.40. The molecule has 0 aliphatic rings. The molecule has 116 valence electrons. The molecule has 0 saturated carbocycles. The fraction of sp³-hybridized carbons (Fsp3) is 0.333. The van der Waals surface area contributed by atoms with Crippen LogP contribution in [0.1, 0.15) is 41.3 Å². The van der Waals surface area contributed by atoms with Crippen LogP contribution in [0.15, 0.2) is 48.8 Å². The highest BCUT2D eigenvalue weighted by Gasteiger charge is 2.15. The lowest BCUT2D eigenvalue weighted by Crippen LogP contribution is -2.24. The van der Waals surface area contributed by atoms with Crippen molar-refractivity contribution in [3.63, 3.8) is 0 Å². The summed E-state index contributed by atoms with van der Waals surface area (Å²) in [6.07, 6.45) is 3.70. The smallest absolute Gasteiger partial charge is 0.335 e. The van der Waals surface area contributed by atoms with Crippen LogP contribution in [0.3, 0.4) is 0 Å². The van der Waals surface area contributed by atoms with E-state index in [0.29, 0.717) is 23.9 Å². The highest BCUT2D eigenvalue weighted by atomic mass is 16.4. The molecule has 1 aromatic heterocycles. The molecule has 0 aliphatic carbocycles. The lowest BCUT2D eigenvalue weighted by molar-refractivity contribution is 0.0696. The summed E-state index contributed by atoms with van der Waals surface area (Å²) in [5, 5.41) is 12.4. The molecule has 0 aliphatic heterocycles. The molecule has 4 heteroatoms. The first-order valence-electron chi connectivity index (χ1n) is 7.51. The van der Waals surface area contributed by atoms with E-state index >= 15 is 0 Å². The summed E-state index contributed by atoms with van der Waals surface area (Å²) in [5.41, 5.74) is 2.53. The van der Waals surface area contributed by atoms with Crippen LogP contribution in [0.4, 0.5) is 0 Å². The Morgan fingerprint density at radius 2 is 2.09 bits per heavy atom. The highest BCUT2D eigenvalue weighted by Crippen LogP contribution is 2.22. The molecule has 0 spiro atoms. The fourth-order valence-electron chi connectivity index (χ4n) is 2.52. The van der Waals surface area contributed by atoms with Gasteiger partial charge in [0.15, 0.2) is 0 Å². The number of carbonyl (C=O) groups is 1. The van der Waals surface area contributed by atoms with E-state index in [4.69, 9.17) is 5.11 Å². The summed E-state index contributed by atoms with van der Waals surface area (Å²) in [6.45, 7) is 5.89. The Balaban J connectivity index is 1.96. The number of hydrogen-bond donors (Lipinski definition) is 2. The van der Waals surface area contributed by atoms with E-state index in [1.807, 2.05) is 18.3 Å². The van der Waals surface area contributed by atoms with Crippen molar-refractivity contribution in [3.05, 3.63) is 65.5 Å².